The topological polar surface area (TPSA) is 49.6 Å². The number of fused-ring (bicyclic) bond motifs is 1. The van der Waals surface area contributed by atoms with Crippen molar-refractivity contribution in [2.45, 2.75) is 13.3 Å². The normalized spacial score (nSPS) is 16.3. The summed E-state index contributed by atoms with van der Waals surface area (Å²) >= 11 is 1.74. The van der Waals surface area contributed by atoms with Crippen LogP contribution in [0.15, 0.2) is 29.9 Å². The van der Waals surface area contributed by atoms with Gasteiger partial charge < -0.3 is 4.90 Å². The van der Waals surface area contributed by atoms with Crippen LogP contribution in [0.4, 0.5) is 5.82 Å². The molecular weight excluding hydrogens is 308 g/mol. The number of nitrogens with zero attached hydrogens (tertiary/aromatic N) is 6. The number of anilines is 1. The smallest absolute Gasteiger partial charge is 0.153 e. The first-order valence-corrected chi connectivity index (χ1v) is 8.84. The van der Waals surface area contributed by atoms with Crippen LogP contribution in [0.2, 0.25) is 0 Å². The number of rotatable bonds is 4. The lowest BCUT2D eigenvalue weighted by Gasteiger charge is -2.35. The fourth-order valence-corrected chi connectivity index (χ4v) is 3.62. The lowest BCUT2D eigenvalue weighted by Crippen LogP contribution is -2.47. The molecule has 4 heterocycles. The van der Waals surface area contributed by atoms with Crippen LogP contribution in [-0.4, -0.2) is 57.2 Å². The summed E-state index contributed by atoms with van der Waals surface area (Å²) in [5.41, 5.74) is 2.12. The van der Waals surface area contributed by atoms with Crippen LogP contribution in [0.3, 0.4) is 0 Å². The molecule has 23 heavy (non-hydrogen) atoms. The summed E-state index contributed by atoms with van der Waals surface area (Å²) in [6, 6.07) is 4.09. The van der Waals surface area contributed by atoms with Crippen LogP contribution in [0, 0.1) is 6.92 Å². The number of piperazine rings is 1. The Balaban J connectivity index is 1.33. The van der Waals surface area contributed by atoms with Gasteiger partial charge in [-0.1, -0.05) is 0 Å². The predicted molar refractivity (Wildman–Crippen MR) is 92.2 cm³/mol. The molecule has 3 aromatic rings. The lowest BCUT2D eigenvalue weighted by atomic mass is 10.2. The summed E-state index contributed by atoms with van der Waals surface area (Å²) in [5.74, 6) is 1.03. The molecule has 0 radical (unpaired) electrons. The van der Waals surface area contributed by atoms with Gasteiger partial charge in [-0.05, 0) is 19.1 Å². The molecule has 0 saturated carbocycles. The van der Waals surface area contributed by atoms with Crippen LogP contribution in [-0.2, 0) is 6.42 Å². The SMILES string of the molecule is Cc1nc(CCN2CCN(c3ccc4nccn4n3)CC2)cs1. The number of imidazole rings is 1. The third-order valence-corrected chi connectivity index (χ3v) is 5.11. The first-order valence-electron chi connectivity index (χ1n) is 7.97. The molecular formula is C16H20N6S. The van der Waals surface area contributed by atoms with Crippen LogP contribution in [0.1, 0.15) is 10.7 Å². The van der Waals surface area contributed by atoms with E-state index in [1.165, 1.54) is 5.69 Å². The van der Waals surface area contributed by atoms with Crippen molar-refractivity contribution in [3.05, 3.63) is 40.6 Å². The molecule has 0 bridgehead atoms. The summed E-state index contributed by atoms with van der Waals surface area (Å²) in [7, 11) is 0. The summed E-state index contributed by atoms with van der Waals surface area (Å²) < 4.78 is 1.84. The molecule has 0 unspecified atom stereocenters. The van der Waals surface area contributed by atoms with Crippen molar-refractivity contribution in [2.24, 2.45) is 0 Å². The van der Waals surface area contributed by atoms with E-state index < -0.39 is 0 Å². The molecule has 1 fully saturated rings. The van der Waals surface area contributed by atoms with Gasteiger partial charge in [-0.3, -0.25) is 4.90 Å². The molecule has 0 spiro atoms. The molecule has 0 amide bonds. The molecule has 7 heteroatoms. The highest BCUT2D eigenvalue weighted by Gasteiger charge is 2.18. The van der Waals surface area contributed by atoms with Gasteiger partial charge in [0.2, 0.25) is 0 Å². The average molecular weight is 328 g/mol. The maximum absolute atomic E-state index is 4.63. The molecule has 0 aliphatic carbocycles. The highest BCUT2D eigenvalue weighted by molar-refractivity contribution is 7.09. The van der Waals surface area contributed by atoms with Gasteiger partial charge in [-0.15, -0.1) is 16.4 Å². The highest BCUT2D eigenvalue weighted by atomic mass is 32.1. The van der Waals surface area contributed by atoms with Crippen LogP contribution in [0.25, 0.3) is 5.65 Å². The Hall–Kier alpha value is -1.99. The number of thiazole rings is 1. The van der Waals surface area contributed by atoms with E-state index in [1.807, 2.05) is 16.8 Å². The van der Waals surface area contributed by atoms with E-state index in [0.717, 1.165) is 55.6 Å². The van der Waals surface area contributed by atoms with Crippen molar-refractivity contribution in [1.29, 1.82) is 0 Å². The Labute approximate surface area is 139 Å². The van der Waals surface area contributed by atoms with Gasteiger partial charge in [0.15, 0.2) is 5.65 Å². The zero-order valence-corrected chi connectivity index (χ0v) is 14.0. The van der Waals surface area contributed by atoms with Crippen LogP contribution in [0.5, 0.6) is 0 Å². The predicted octanol–water partition coefficient (Wildman–Crippen LogP) is 1.86. The van der Waals surface area contributed by atoms with Crippen molar-refractivity contribution in [3.63, 3.8) is 0 Å². The van der Waals surface area contributed by atoms with Crippen molar-refractivity contribution in [2.75, 3.05) is 37.6 Å². The third-order valence-electron chi connectivity index (χ3n) is 4.29. The van der Waals surface area contributed by atoms with Crippen LogP contribution < -0.4 is 4.90 Å². The molecule has 0 N–H and O–H groups in total. The number of hydrogen-bond acceptors (Lipinski definition) is 6. The van der Waals surface area contributed by atoms with Gasteiger partial charge in [-0.2, -0.15) is 0 Å². The summed E-state index contributed by atoms with van der Waals surface area (Å²) in [4.78, 5) is 13.6. The second-order valence-corrected chi connectivity index (χ2v) is 6.92. The van der Waals surface area contributed by atoms with Gasteiger partial charge in [-0.25, -0.2) is 14.5 Å². The van der Waals surface area contributed by atoms with E-state index in [0.29, 0.717) is 0 Å². The molecule has 1 aliphatic rings. The quantitative estimate of drug-likeness (QED) is 0.732. The number of aryl methyl sites for hydroxylation is 1. The lowest BCUT2D eigenvalue weighted by molar-refractivity contribution is 0.259. The van der Waals surface area contributed by atoms with Crippen LogP contribution >= 0.6 is 11.3 Å². The summed E-state index contributed by atoms with van der Waals surface area (Å²) in [5, 5.41) is 7.97. The fourth-order valence-electron chi connectivity index (χ4n) is 2.97. The van der Waals surface area contributed by atoms with E-state index in [2.05, 4.69) is 43.2 Å². The molecule has 1 saturated heterocycles. The van der Waals surface area contributed by atoms with Crippen molar-refractivity contribution >= 4 is 22.8 Å². The van der Waals surface area contributed by atoms with E-state index in [4.69, 9.17) is 0 Å². The standard InChI is InChI=1S/C16H20N6S/c1-13-18-14(12-23-13)4-6-20-8-10-21(11-9-20)16-3-2-15-17-5-7-22(15)19-16/h2-3,5,7,12H,4,6,8-11H2,1H3. The number of aromatic nitrogens is 4. The zero-order chi connectivity index (χ0) is 15.6. The van der Waals surface area contributed by atoms with Crippen molar-refractivity contribution in [1.82, 2.24) is 24.5 Å². The first-order chi connectivity index (χ1) is 11.3. The Bertz CT molecular complexity index is 787. The molecule has 120 valence electrons. The van der Waals surface area contributed by atoms with Gasteiger partial charge in [0.1, 0.15) is 5.82 Å². The average Bonchev–Trinajstić information content (AvgIpc) is 3.21. The molecule has 6 nitrogen and oxygen atoms in total. The van der Waals surface area contributed by atoms with E-state index >= 15 is 0 Å². The van der Waals surface area contributed by atoms with Gasteiger partial charge >= 0.3 is 0 Å². The van der Waals surface area contributed by atoms with E-state index in [1.54, 1.807) is 17.5 Å². The monoisotopic (exact) mass is 328 g/mol. The van der Waals surface area contributed by atoms with Gasteiger partial charge in [0.25, 0.3) is 0 Å². The Morgan fingerprint density at radius 1 is 1.17 bits per heavy atom. The first kappa shape index (κ1) is 14.6. The molecule has 0 atom stereocenters. The fraction of sp³-hybridized carbons (Fsp3) is 0.438. The minimum Gasteiger partial charge on any atom is -0.353 e. The zero-order valence-electron chi connectivity index (χ0n) is 13.2. The minimum absolute atomic E-state index is 0.894. The van der Waals surface area contributed by atoms with Crippen molar-refractivity contribution in [3.8, 4) is 0 Å². The third kappa shape index (κ3) is 3.20. The molecule has 3 aromatic heterocycles. The maximum atomic E-state index is 4.63. The highest BCUT2D eigenvalue weighted by Crippen LogP contribution is 2.15. The molecule has 1 aliphatic heterocycles. The van der Waals surface area contributed by atoms with Gasteiger partial charge in [0.05, 0.1) is 10.7 Å². The Kier molecular flexibility index (Phi) is 3.97. The Morgan fingerprint density at radius 2 is 2.04 bits per heavy atom. The second kappa shape index (κ2) is 6.25. The maximum Gasteiger partial charge on any atom is 0.153 e. The largest absolute Gasteiger partial charge is 0.353 e. The second-order valence-electron chi connectivity index (χ2n) is 5.86. The Morgan fingerprint density at radius 3 is 2.83 bits per heavy atom. The summed E-state index contributed by atoms with van der Waals surface area (Å²) in [6.45, 7) is 7.34. The van der Waals surface area contributed by atoms with E-state index in [-0.39, 0.29) is 0 Å². The van der Waals surface area contributed by atoms with Gasteiger partial charge in [0, 0.05) is 56.9 Å². The molecule has 0 aromatic carbocycles. The molecule has 4 rings (SSSR count). The van der Waals surface area contributed by atoms with E-state index in [9.17, 15) is 0 Å². The minimum atomic E-state index is 0.894. The number of hydrogen-bond donors (Lipinski definition) is 0. The van der Waals surface area contributed by atoms with Crippen molar-refractivity contribution < 1.29 is 0 Å². The summed E-state index contributed by atoms with van der Waals surface area (Å²) in [6.07, 6.45) is 4.72.